The molecular weight excluding hydrogens is 344 g/mol. The smallest absolute Gasteiger partial charge is 0.337 e. The number of hydrogen-bond acceptors (Lipinski definition) is 5. The maximum Gasteiger partial charge on any atom is 0.337 e. The molecule has 2 unspecified atom stereocenters. The van der Waals surface area contributed by atoms with Gasteiger partial charge in [-0.15, -0.1) is 0 Å². The Bertz CT molecular complexity index is 790. The normalized spacial score (nSPS) is 13.0. The lowest BCUT2D eigenvalue weighted by Gasteiger charge is -2.21. The van der Waals surface area contributed by atoms with Crippen molar-refractivity contribution in [1.82, 2.24) is 0 Å². The molecule has 0 saturated carbocycles. The highest BCUT2D eigenvalue weighted by molar-refractivity contribution is 5.97. The first kappa shape index (κ1) is 20.5. The predicted octanol–water partition coefficient (Wildman–Crippen LogP) is 3.54. The topological polar surface area (TPSA) is 90.6 Å². The maximum absolute atomic E-state index is 12.8. The van der Waals surface area contributed by atoms with Crippen molar-refractivity contribution in [3.8, 4) is 5.75 Å². The minimum absolute atomic E-state index is 0.0892. The summed E-state index contributed by atoms with van der Waals surface area (Å²) in [7, 11) is 1.31. The summed E-state index contributed by atoms with van der Waals surface area (Å²) >= 11 is 0. The van der Waals surface area contributed by atoms with Crippen LogP contribution in [0.4, 0.5) is 5.69 Å². The largest absolute Gasteiger partial charge is 0.489 e. The molecule has 0 bridgehead atoms. The van der Waals surface area contributed by atoms with E-state index in [2.05, 4.69) is 5.32 Å². The number of nitrogens with two attached hydrogens (primary N) is 1. The minimum atomic E-state index is -0.490. The molecule has 0 aromatic heterocycles. The average molecular weight is 370 g/mol. The molecule has 2 aromatic carbocycles. The third-order valence-electron chi connectivity index (χ3n) is 4.16. The van der Waals surface area contributed by atoms with E-state index in [-0.39, 0.29) is 12.0 Å². The van der Waals surface area contributed by atoms with Gasteiger partial charge in [0.2, 0.25) is 5.91 Å². The highest BCUT2D eigenvalue weighted by Gasteiger charge is 2.23. The van der Waals surface area contributed by atoms with Crippen molar-refractivity contribution in [2.24, 2.45) is 11.7 Å². The van der Waals surface area contributed by atoms with Crippen molar-refractivity contribution >= 4 is 17.6 Å². The lowest BCUT2D eigenvalue weighted by Crippen LogP contribution is -2.30. The number of anilines is 1. The molecule has 2 aromatic rings. The van der Waals surface area contributed by atoms with Crippen LogP contribution in [-0.4, -0.2) is 25.1 Å². The molecule has 6 heteroatoms. The van der Waals surface area contributed by atoms with Crippen LogP contribution in [0.5, 0.6) is 5.75 Å². The summed E-state index contributed by atoms with van der Waals surface area (Å²) in [6, 6.07) is 13.8. The fraction of sp³-hybridized carbons (Fsp3) is 0.333. The van der Waals surface area contributed by atoms with Crippen molar-refractivity contribution in [2.75, 3.05) is 12.4 Å². The molecule has 27 heavy (non-hydrogen) atoms. The number of esters is 1. The van der Waals surface area contributed by atoms with E-state index in [1.165, 1.54) is 7.11 Å². The van der Waals surface area contributed by atoms with Gasteiger partial charge in [0.15, 0.2) is 0 Å². The van der Waals surface area contributed by atoms with Gasteiger partial charge in [-0.2, -0.15) is 0 Å². The second-order valence-corrected chi connectivity index (χ2v) is 6.58. The Morgan fingerprint density at radius 2 is 1.70 bits per heavy atom. The maximum atomic E-state index is 12.8. The Balaban J connectivity index is 2.24. The van der Waals surface area contributed by atoms with Crippen molar-refractivity contribution in [3.63, 3.8) is 0 Å². The zero-order valence-electron chi connectivity index (χ0n) is 16.1. The van der Waals surface area contributed by atoms with E-state index in [9.17, 15) is 9.59 Å². The second kappa shape index (κ2) is 9.19. The Hall–Kier alpha value is -2.86. The standard InChI is InChI=1S/C21H26N2O4/c1-13(2)27-18-11-10-16(21(25)26-4)12-17(18)23-20(24)14(3)19(22)15-8-6-5-7-9-15/h5-14,19H,22H2,1-4H3,(H,23,24). The van der Waals surface area contributed by atoms with Crippen molar-refractivity contribution in [1.29, 1.82) is 0 Å². The Kier molecular flexibility index (Phi) is 6.96. The van der Waals surface area contributed by atoms with E-state index >= 15 is 0 Å². The molecule has 3 N–H and O–H groups in total. The Morgan fingerprint density at radius 1 is 1.04 bits per heavy atom. The number of ether oxygens (including phenoxy) is 2. The first-order chi connectivity index (χ1) is 12.8. The summed E-state index contributed by atoms with van der Waals surface area (Å²) in [5.74, 6) is -0.759. The molecular formula is C21H26N2O4. The molecule has 0 aliphatic rings. The van der Waals surface area contributed by atoms with Crippen LogP contribution < -0.4 is 15.8 Å². The summed E-state index contributed by atoms with van der Waals surface area (Å²) in [4.78, 5) is 24.6. The van der Waals surface area contributed by atoms with Crippen molar-refractivity contribution in [2.45, 2.75) is 32.9 Å². The van der Waals surface area contributed by atoms with Crippen LogP contribution in [0.25, 0.3) is 0 Å². The van der Waals surface area contributed by atoms with Gasteiger partial charge in [-0.1, -0.05) is 37.3 Å². The van der Waals surface area contributed by atoms with Gasteiger partial charge in [0.25, 0.3) is 0 Å². The first-order valence-electron chi connectivity index (χ1n) is 8.84. The molecule has 0 saturated heterocycles. The minimum Gasteiger partial charge on any atom is -0.489 e. The number of amides is 1. The zero-order chi connectivity index (χ0) is 20.0. The van der Waals surface area contributed by atoms with Crippen LogP contribution in [0.15, 0.2) is 48.5 Å². The van der Waals surface area contributed by atoms with Gasteiger partial charge in [0.05, 0.1) is 30.4 Å². The van der Waals surface area contributed by atoms with E-state index in [1.54, 1.807) is 25.1 Å². The quantitative estimate of drug-likeness (QED) is 0.728. The van der Waals surface area contributed by atoms with Crippen LogP contribution in [0.3, 0.4) is 0 Å². The summed E-state index contributed by atoms with van der Waals surface area (Å²) in [5, 5.41) is 2.83. The molecule has 2 atom stereocenters. The van der Waals surface area contributed by atoms with E-state index in [4.69, 9.17) is 15.2 Å². The van der Waals surface area contributed by atoms with Crippen LogP contribution in [0.2, 0.25) is 0 Å². The number of methoxy groups -OCH3 is 1. The van der Waals surface area contributed by atoms with Crippen LogP contribution in [-0.2, 0) is 9.53 Å². The van der Waals surface area contributed by atoms with Crippen molar-refractivity contribution < 1.29 is 19.1 Å². The van der Waals surface area contributed by atoms with Gasteiger partial charge in [-0.3, -0.25) is 4.79 Å². The molecule has 0 aliphatic heterocycles. The first-order valence-corrected chi connectivity index (χ1v) is 8.84. The molecule has 0 fully saturated rings. The summed E-state index contributed by atoms with van der Waals surface area (Å²) in [5.41, 5.74) is 7.85. The molecule has 0 aliphatic carbocycles. The molecule has 1 amide bonds. The van der Waals surface area contributed by atoms with Gasteiger partial charge in [0.1, 0.15) is 5.75 Å². The van der Waals surface area contributed by atoms with E-state index in [0.29, 0.717) is 17.0 Å². The summed E-state index contributed by atoms with van der Waals surface area (Å²) in [6.07, 6.45) is -0.0892. The third kappa shape index (κ3) is 5.31. The van der Waals surface area contributed by atoms with E-state index in [1.807, 2.05) is 44.2 Å². The Labute approximate surface area is 159 Å². The lowest BCUT2D eigenvalue weighted by molar-refractivity contribution is -0.120. The third-order valence-corrected chi connectivity index (χ3v) is 4.16. The van der Waals surface area contributed by atoms with Crippen LogP contribution in [0, 0.1) is 5.92 Å². The fourth-order valence-corrected chi connectivity index (χ4v) is 2.60. The number of rotatable bonds is 7. The monoisotopic (exact) mass is 370 g/mol. The molecule has 144 valence electrons. The van der Waals surface area contributed by atoms with Gasteiger partial charge in [0, 0.05) is 6.04 Å². The zero-order valence-corrected chi connectivity index (χ0v) is 16.1. The van der Waals surface area contributed by atoms with E-state index in [0.717, 1.165) is 5.56 Å². The molecule has 0 heterocycles. The van der Waals surface area contributed by atoms with Gasteiger partial charge >= 0.3 is 5.97 Å². The summed E-state index contributed by atoms with van der Waals surface area (Å²) < 4.78 is 10.5. The average Bonchev–Trinajstić information content (AvgIpc) is 2.67. The fourth-order valence-electron chi connectivity index (χ4n) is 2.60. The summed E-state index contributed by atoms with van der Waals surface area (Å²) in [6.45, 7) is 5.53. The molecule has 0 radical (unpaired) electrons. The molecule has 6 nitrogen and oxygen atoms in total. The lowest BCUT2D eigenvalue weighted by atomic mass is 9.94. The number of benzene rings is 2. The highest BCUT2D eigenvalue weighted by Crippen LogP contribution is 2.29. The number of nitrogens with one attached hydrogen (secondary N) is 1. The van der Waals surface area contributed by atoms with Crippen LogP contribution in [0.1, 0.15) is 42.7 Å². The van der Waals surface area contributed by atoms with Gasteiger partial charge in [-0.05, 0) is 37.6 Å². The van der Waals surface area contributed by atoms with Gasteiger partial charge < -0.3 is 20.5 Å². The van der Waals surface area contributed by atoms with Crippen LogP contribution >= 0.6 is 0 Å². The second-order valence-electron chi connectivity index (χ2n) is 6.58. The molecule has 2 rings (SSSR count). The van der Waals surface area contributed by atoms with Gasteiger partial charge in [-0.25, -0.2) is 4.79 Å². The van der Waals surface area contributed by atoms with Crippen molar-refractivity contribution in [3.05, 3.63) is 59.7 Å². The number of hydrogen-bond donors (Lipinski definition) is 2. The Morgan fingerprint density at radius 3 is 2.30 bits per heavy atom. The number of carbonyl (C=O) groups excluding carboxylic acids is 2. The van der Waals surface area contributed by atoms with E-state index < -0.39 is 17.9 Å². The highest BCUT2D eigenvalue weighted by atomic mass is 16.5. The predicted molar refractivity (Wildman–Crippen MR) is 105 cm³/mol. The SMILES string of the molecule is COC(=O)c1ccc(OC(C)C)c(NC(=O)C(C)C(N)c2ccccc2)c1. The number of carbonyl (C=O) groups is 2. The molecule has 0 spiro atoms.